The summed E-state index contributed by atoms with van der Waals surface area (Å²) in [5, 5.41) is 1.18. The highest BCUT2D eigenvalue weighted by Crippen LogP contribution is 2.20. The second-order valence-electron chi connectivity index (χ2n) is 7.83. The Hall–Kier alpha value is -2.03. The minimum Gasteiger partial charge on any atom is -0.444 e. The van der Waals surface area contributed by atoms with Crippen LogP contribution in [0.15, 0.2) is 0 Å². The molecule has 2 aliphatic rings. The van der Waals surface area contributed by atoms with Crippen molar-refractivity contribution < 1.29 is 23.9 Å². The Morgan fingerprint density at radius 2 is 1.69 bits per heavy atom. The zero-order valence-electron chi connectivity index (χ0n) is 16.3. The van der Waals surface area contributed by atoms with Crippen molar-refractivity contribution in [2.24, 2.45) is 5.92 Å². The maximum Gasteiger partial charge on any atom is 0.410 e. The normalized spacial score (nSPS) is 23.6. The Morgan fingerprint density at radius 1 is 1.12 bits per heavy atom. The number of urea groups is 1. The summed E-state index contributed by atoms with van der Waals surface area (Å²) < 4.78 is 10.8. The second-order valence-corrected chi connectivity index (χ2v) is 7.83. The van der Waals surface area contributed by atoms with Crippen molar-refractivity contribution in [3.8, 4) is 0 Å². The average Bonchev–Trinajstić information content (AvgIpc) is 2.98. The summed E-state index contributed by atoms with van der Waals surface area (Å²) in [6.07, 6.45) is -0.0598. The Kier molecular flexibility index (Phi) is 6.33. The van der Waals surface area contributed by atoms with Gasteiger partial charge in [0.15, 0.2) is 0 Å². The van der Waals surface area contributed by atoms with E-state index in [4.69, 9.17) is 9.47 Å². The lowest BCUT2D eigenvalue weighted by atomic mass is 10.0. The zero-order valence-corrected chi connectivity index (χ0v) is 16.3. The molecule has 0 radical (unpaired) electrons. The van der Waals surface area contributed by atoms with Crippen molar-refractivity contribution >= 4 is 18.0 Å². The van der Waals surface area contributed by atoms with Gasteiger partial charge < -0.3 is 19.3 Å². The molecule has 9 nitrogen and oxygen atoms in total. The van der Waals surface area contributed by atoms with Gasteiger partial charge in [0.25, 0.3) is 5.91 Å². The molecular formula is C17H30N4O5. The molecule has 0 aromatic rings. The van der Waals surface area contributed by atoms with Gasteiger partial charge in [-0.05, 0) is 33.1 Å². The van der Waals surface area contributed by atoms with Crippen molar-refractivity contribution in [2.75, 3.05) is 39.8 Å². The van der Waals surface area contributed by atoms with E-state index < -0.39 is 11.7 Å². The molecule has 0 saturated carbocycles. The van der Waals surface area contributed by atoms with E-state index in [1.165, 1.54) is 12.1 Å². The first-order valence-electron chi connectivity index (χ1n) is 9.01. The predicted molar refractivity (Wildman–Crippen MR) is 94.2 cm³/mol. The Balaban J connectivity index is 1.80. The standard InChI is InChI=1S/C17H30N4O5/c1-12-6-11-25-13(12)14(22)18-19(5)15(23)20-7-9-21(10-8-20)16(24)26-17(2,3)4/h12-13H,6-11H2,1-5H3,(H,18,22)/t12-,13+/m1/s1. The highest BCUT2D eigenvalue weighted by Gasteiger charge is 2.33. The van der Waals surface area contributed by atoms with Crippen LogP contribution < -0.4 is 5.43 Å². The molecule has 2 rings (SSSR count). The van der Waals surface area contributed by atoms with Crippen LogP contribution in [0.5, 0.6) is 0 Å². The van der Waals surface area contributed by atoms with Gasteiger partial charge in [-0.15, -0.1) is 0 Å². The van der Waals surface area contributed by atoms with Gasteiger partial charge in [0.05, 0.1) is 0 Å². The zero-order chi connectivity index (χ0) is 19.5. The lowest BCUT2D eigenvalue weighted by molar-refractivity contribution is -0.135. The Bertz CT molecular complexity index is 540. The fourth-order valence-corrected chi connectivity index (χ4v) is 2.93. The van der Waals surface area contributed by atoms with Crippen LogP contribution >= 0.6 is 0 Å². The van der Waals surface area contributed by atoms with Gasteiger partial charge >= 0.3 is 12.1 Å². The van der Waals surface area contributed by atoms with Crippen molar-refractivity contribution in [2.45, 2.75) is 45.8 Å². The number of hydrazine groups is 1. The smallest absolute Gasteiger partial charge is 0.410 e. The van der Waals surface area contributed by atoms with E-state index in [0.29, 0.717) is 32.8 Å². The summed E-state index contributed by atoms with van der Waals surface area (Å²) >= 11 is 0. The molecule has 0 bridgehead atoms. The highest BCUT2D eigenvalue weighted by molar-refractivity contribution is 5.84. The van der Waals surface area contributed by atoms with Crippen LogP contribution in [-0.2, 0) is 14.3 Å². The number of hydrogen-bond donors (Lipinski definition) is 1. The van der Waals surface area contributed by atoms with Gasteiger partial charge in [-0.25, -0.2) is 14.6 Å². The van der Waals surface area contributed by atoms with E-state index in [1.807, 2.05) is 27.7 Å². The molecule has 2 aliphatic heterocycles. The number of amides is 4. The largest absolute Gasteiger partial charge is 0.444 e. The minimum absolute atomic E-state index is 0.135. The molecule has 4 amide bonds. The van der Waals surface area contributed by atoms with E-state index in [9.17, 15) is 14.4 Å². The van der Waals surface area contributed by atoms with E-state index >= 15 is 0 Å². The number of hydrogen-bond acceptors (Lipinski definition) is 5. The molecule has 1 N–H and O–H groups in total. The molecule has 0 aromatic carbocycles. The Morgan fingerprint density at radius 3 is 2.19 bits per heavy atom. The molecule has 0 aromatic heterocycles. The SMILES string of the molecule is C[C@@H]1CCO[C@@H]1C(=O)NN(C)C(=O)N1CCN(C(=O)OC(C)(C)C)CC1. The van der Waals surface area contributed by atoms with Gasteiger partial charge in [0, 0.05) is 39.8 Å². The first-order valence-corrected chi connectivity index (χ1v) is 9.01. The molecule has 2 saturated heterocycles. The van der Waals surface area contributed by atoms with Gasteiger partial charge in [0.1, 0.15) is 11.7 Å². The summed E-state index contributed by atoms with van der Waals surface area (Å²) in [6.45, 7) is 9.52. The summed E-state index contributed by atoms with van der Waals surface area (Å²) in [5.41, 5.74) is 2.04. The highest BCUT2D eigenvalue weighted by atomic mass is 16.6. The van der Waals surface area contributed by atoms with Gasteiger partial charge in [0.2, 0.25) is 0 Å². The van der Waals surface area contributed by atoms with Crippen LogP contribution in [0.1, 0.15) is 34.1 Å². The third-order valence-corrected chi connectivity index (χ3v) is 4.41. The summed E-state index contributed by atoms with van der Waals surface area (Å²) in [5.74, 6) is -0.172. The molecule has 0 unspecified atom stereocenters. The van der Waals surface area contributed by atoms with Crippen LogP contribution in [0.4, 0.5) is 9.59 Å². The lowest BCUT2D eigenvalue weighted by Crippen LogP contribution is -2.57. The number of nitrogens with one attached hydrogen (secondary N) is 1. The van der Waals surface area contributed by atoms with Crippen molar-refractivity contribution in [3.63, 3.8) is 0 Å². The molecule has 2 fully saturated rings. The number of carbonyl (C=O) groups is 3. The van der Waals surface area contributed by atoms with Crippen molar-refractivity contribution in [3.05, 3.63) is 0 Å². The van der Waals surface area contributed by atoms with Crippen LogP contribution in [-0.4, -0.2) is 84.4 Å². The van der Waals surface area contributed by atoms with Gasteiger partial charge in [-0.3, -0.25) is 10.2 Å². The van der Waals surface area contributed by atoms with E-state index in [-0.39, 0.29) is 23.9 Å². The second kappa shape index (κ2) is 8.11. The monoisotopic (exact) mass is 370 g/mol. The number of carbonyl (C=O) groups excluding carboxylic acids is 3. The fourth-order valence-electron chi connectivity index (χ4n) is 2.93. The van der Waals surface area contributed by atoms with E-state index in [2.05, 4.69) is 5.43 Å². The maximum atomic E-state index is 12.5. The van der Waals surface area contributed by atoms with Crippen LogP contribution in [0.3, 0.4) is 0 Å². The molecular weight excluding hydrogens is 340 g/mol. The number of piperazine rings is 1. The number of rotatable bonds is 1. The van der Waals surface area contributed by atoms with Crippen molar-refractivity contribution in [1.29, 1.82) is 0 Å². The van der Waals surface area contributed by atoms with Crippen molar-refractivity contribution in [1.82, 2.24) is 20.2 Å². The van der Waals surface area contributed by atoms with Crippen LogP contribution in [0.2, 0.25) is 0 Å². The third-order valence-electron chi connectivity index (χ3n) is 4.41. The first kappa shape index (κ1) is 20.3. The fraction of sp³-hybridized carbons (Fsp3) is 0.824. The minimum atomic E-state index is -0.548. The molecule has 2 heterocycles. The molecule has 148 valence electrons. The van der Waals surface area contributed by atoms with Crippen LogP contribution in [0, 0.1) is 5.92 Å². The van der Waals surface area contributed by atoms with Gasteiger partial charge in [-0.1, -0.05) is 6.92 Å². The van der Waals surface area contributed by atoms with E-state index in [1.54, 1.807) is 9.80 Å². The van der Waals surface area contributed by atoms with Crippen LogP contribution in [0.25, 0.3) is 0 Å². The quantitative estimate of drug-likeness (QED) is 0.697. The summed E-state index contributed by atoms with van der Waals surface area (Å²) in [4.78, 5) is 40.0. The topological polar surface area (TPSA) is 91.4 Å². The van der Waals surface area contributed by atoms with Gasteiger partial charge in [-0.2, -0.15) is 0 Å². The molecule has 2 atom stereocenters. The molecule has 0 spiro atoms. The molecule has 0 aliphatic carbocycles. The lowest BCUT2D eigenvalue weighted by Gasteiger charge is -2.37. The number of nitrogens with zero attached hydrogens (tertiary/aromatic N) is 3. The number of ether oxygens (including phenoxy) is 2. The average molecular weight is 370 g/mol. The third kappa shape index (κ3) is 5.23. The maximum absolute atomic E-state index is 12.5. The summed E-state index contributed by atoms with van der Waals surface area (Å²) in [7, 11) is 1.51. The molecule has 26 heavy (non-hydrogen) atoms. The van der Waals surface area contributed by atoms with E-state index in [0.717, 1.165) is 6.42 Å². The Labute approximate surface area is 154 Å². The molecule has 9 heteroatoms. The first-order chi connectivity index (χ1) is 12.1. The predicted octanol–water partition coefficient (Wildman–Crippen LogP) is 1.05. The summed E-state index contributed by atoms with van der Waals surface area (Å²) in [6, 6.07) is -0.312.